The van der Waals surface area contributed by atoms with Crippen molar-refractivity contribution in [2.45, 2.75) is 43.1 Å². The maximum atomic E-state index is 13.9. The predicted molar refractivity (Wildman–Crippen MR) is 137 cm³/mol. The van der Waals surface area contributed by atoms with Gasteiger partial charge in [-0.15, -0.1) is 22.9 Å². The average molecular weight is 523 g/mol. The average Bonchev–Trinajstić information content (AvgIpc) is 3.47. The summed E-state index contributed by atoms with van der Waals surface area (Å²) >= 11 is 8.92. The van der Waals surface area contributed by atoms with Crippen LogP contribution in [-0.2, 0) is 17.8 Å². The zero-order valence-corrected chi connectivity index (χ0v) is 21.0. The number of thiophene rings is 1. The van der Waals surface area contributed by atoms with Crippen LogP contribution >= 0.6 is 22.9 Å². The van der Waals surface area contributed by atoms with Crippen molar-refractivity contribution < 1.29 is 18.0 Å². The van der Waals surface area contributed by atoms with Gasteiger partial charge in [-0.2, -0.15) is 0 Å². The van der Waals surface area contributed by atoms with E-state index in [1.54, 1.807) is 23.5 Å². The Hall–Kier alpha value is -2.25. The normalized spacial score (nSPS) is 23.0. The number of allylic oxidation sites excluding steroid dienone is 1. The van der Waals surface area contributed by atoms with Crippen LogP contribution in [0.4, 0.5) is 13.2 Å². The van der Waals surface area contributed by atoms with E-state index in [0.717, 1.165) is 22.9 Å². The van der Waals surface area contributed by atoms with Crippen molar-refractivity contribution in [3.63, 3.8) is 0 Å². The Balaban J connectivity index is 1.66. The van der Waals surface area contributed by atoms with E-state index in [2.05, 4.69) is 11.9 Å². The van der Waals surface area contributed by atoms with Gasteiger partial charge >= 0.3 is 0 Å². The molecule has 0 amide bonds. The van der Waals surface area contributed by atoms with Gasteiger partial charge in [0.05, 0.1) is 23.6 Å². The lowest BCUT2D eigenvalue weighted by atomic mass is 9.76. The number of fused-ring (bicyclic) bond motifs is 1. The molecule has 1 fully saturated rings. The molecule has 0 spiro atoms. The highest BCUT2D eigenvalue weighted by Crippen LogP contribution is 2.39. The van der Waals surface area contributed by atoms with Gasteiger partial charge in [0.15, 0.2) is 0 Å². The molecule has 0 radical (unpaired) electrons. The van der Waals surface area contributed by atoms with E-state index >= 15 is 0 Å². The second-order valence-electron chi connectivity index (χ2n) is 9.45. The highest BCUT2D eigenvalue weighted by molar-refractivity contribution is 7.17. The molecule has 2 aromatic heterocycles. The maximum absolute atomic E-state index is 13.9. The van der Waals surface area contributed by atoms with E-state index in [0.29, 0.717) is 24.1 Å². The van der Waals surface area contributed by atoms with Crippen LogP contribution in [0.2, 0.25) is 0 Å². The fourth-order valence-corrected chi connectivity index (χ4v) is 6.38. The zero-order chi connectivity index (χ0) is 25.0. The summed E-state index contributed by atoms with van der Waals surface area (Å²) in [4.78, 5) is 11.1. The van der Waals surface area contributed by atoms with E-state index in [1.165, 1.54) is 12.1 Å². The lowest BCUT2D eigenvalue weighted by Crippen LogP contribution is -2.51. The summed E-state index contributed by atoms with van der Waals surface area (Å²) in [6, 6.07) is 9.75. The lowest BCUT2D eigenvalue weighted by molar-refractivity contribution is -0.111. The molecular weight excluding hydrogens is 493 g/mol. The van der Waals surface area contributed by atoms with E-state index in [9.17, 15) is 18.0 Å². The number of aldehydes is 1. The number of hydrogen-bond donors (Lipinski definition) is 1. The van der Waals surface area contributed by atoms with Gasteiger partial charge in [-0.05, 0) is 60.4 Å². The summed E-state index contributed by atoms with van der Waals surface area (Å²) in [5.41, 5.74) is 2.03. The quantitative estimate of drug-likeness (QED) is 0.224. The van der Waals surface area contributed by atoms with Gasteiger partial charge < -0.3 is 14.7 Å². The summed E-state index contributed by atoms with van der Waals surface area (Å²) < 4.78 is 44.4. The molecular formula is C27H30ClF3N2OS. The molecule has 188 valence electrons. The molecule has 2 heterocycles. The lowest BCUT2D eigenvalue weighted by Gasteiger charge is -2.41. The van der Waals surface area contributed by atoms with Crippen molar-refractivity contribution in [1.29, 1.82) is 0 Å². The highest BCUT2D eigenvalue weighted by Gasteiger charge is 2.43. The van der Waals surface area contributed by atoms with Crippen molar-refractivity contribution in [3.8, 4) is 0 Å². The molecule has 3 aromatic rings. The van der Waals surface area contributed by atoms with E-state index < -0.39 is 30.1 Å². The summed E-state index contributed by atoms with van der Waals surface area (Å²) in [6.07, 6.45) is 5.02. The Morgan fingerprint density at radius 2 is 2.11 bits per heavy atom. The fourth-order valence-electron chi connectivity index (χ4n) is 5.28. The number of halogens is 4. The Bertz CT molecular complexity index is 1160. The Kier molecular flexibility index (Phi) is 8.27. The van der Waals surface area contributed by atoms with Gasteiger partial charge in [-0.1, -0.05) is 25.1 Å². The number of alkyl halides is 3. The first kappa shape index (κ1) is 25.8. The van der Waals surface area contributed by atoms with Crippen LogP contribution in [0.1, 0.15) is 24.8 Å². The number of benzene rings is 1. The second kappa shape index (κ2) is 11.2. The van der Waals surface area contributed by atoms with Gasteiger partial charge in [0.25, 0.3) is 0 Å². The standard InChI is InChI=1S/C27H30ClF3N2OS/c1-18(32-24-7-3-5-20(14-29)23(24)15-30)27(28,17-33-10-8-26-25(33)9-11-35-26)21(16-34)12-19-4-2-6-22(31)13-19/h2,4,6,8-11,13,16,20-21,23-24,32H,1,3,5,7,12,14-15,17H2. The van der Waals surface area contributed by atoms with Crippen LogP contribution in [0.25, 0.3) is 10.2 Å². The minimum atomic E-state index is -1.29. The van der Waals surface area contributed by atoms with Gasteiger partial charge in [0.1, 0.15) is 17.0 Å². The molecule has 5 atom stereocenters. The largest absolute Gasteiger partial charge is 0.384 e. The third-order valence-electron chi connectivity index (χ3n) is 7.34. The third kappa shape index (κ3) is 5.46. The minimum Gasteiger partial charge on any atom is -0.384 e. The Morgan fingerprint density at radius 1 is 1.29 bits per heavy atom. The first-order valence-corrected chi connectivity index (χ1v) is 13.1. The van der Waals surface area contributed by atoms with Crippen LogP contribution < -0.4 is 5.32 Å². The number of rotatable bonds is 11. The van der Waals surface area contributed by atoms with Crippen molar-refractivity contribution in [1.82, 2.24) is 9.88 Å². The van der Waals surface area contributed by atoms with Crippen LogP contribution in [0.5, 0.6) is 0 Å². The first-order valence-electron chi connectivity index (χ1n) is 11.9. The molecule has 4 rings (SSSR count). The predicted octanol–water partition coefficient (Wildman–Crippen LogP) is 6.70. The smallest absolute Gasteiger partial charge is 0.125 e. The summed E-state index contributed by atoms with van der Waals surface area (Å²) in [6.45, 7) is 3.24. The maximum Gasteiger partial charge on any atom is 0.125 e. The van der Waals surface area contributed by atoms with Crippen LogP contribution in [0.15, 0.2) is 60.3 Å². The molecule has 1 N–H and O–H groups in total. The number of carbonyl (C=O) groups excluding carboxylic acids is 1. The third-order valence-corrected chi connectivity index (χ3v) is 8.84. The monoisotopic (exact) mass is 522 g/mol. The van der Waals surface area contributed by atoms with Crippen molar-refractivity contribution >= 4 is 39.4 Å². The first-order chi connectivity index (χ1) is 16.9. The number of nitrogens with one attached hydrogen (secondary N) is 1. The zero-order valence-electron chi connectivity index (χ0n) is 19.4. The van der Waals surface area contributed by atoms with Crippen molar-refractivity contribution in [3.05, 3.63) is 71.6 Å². The number of hydrogen-bond acceptors (Lipinski definition) is 3. The number of aromatic nitrogens is 1. The molecule has 1 saturated carbocycles. The Labute approximate surface area is 213 Å². The topological polar surface area (TPSA) is 34.0 Å². The molecule has 0 saturated heterocycles. The highest BCUT2D eigenvalue weighted by atomic mass is 35.5. The Morgan fingerprint density at radius 3 is 2.83 bits per heavy atom. The summed E-state index contributed by atoms with van der Waals surface area (Å²) in [5.74, 6) is -1.97. The summed E-state index contributed by atoms with van der Waals surface area (Å²) in [5, 5.41) is 5.30. The van der Waals surface area contributed by atoms with Crippen LogP contribution in [-0.4, -0.2) is 35.1 Å². The molecule has 0 bridgehead atoms. The number of nitrogens with zero attached hydrogens (tertiary/aromatic N) is 1. The second-order valence-corrected chi connectivity index (χ2v) is 11.1. The summed E-state index contributed by atoms with van der Waals surface area (Å²) in [7, 11) is 0. The molecule has 1 aromatic carbocycles. The van der Waals surface area contributed by atoms with Gasteiger partial charge in [-0.25, -0.2) is 4.39 Å². The molecule has 5 unspecified atom stereocenters. The minimum absolute atomic E-state index is 0.212. The van der Waals surface area contributed by atoms with E-state index in [1.807, 2.05) is 28.3 Å². The fraction of sp³-hybridized carbons (Fsp3) is 0.444. The SMILES string of the molecule is C=C(NC1CCCC(CF)C1CF)C(Cl)(Cn1ccc2sccc21)C(C=O)Cc1cccc(F)c1. The van der Waals surface area contributed by atoms with Crippen LogP contribution in [0, 0.1) is 23.6 Å². The van der Waals surface area contributed by atoms with Crippen molar-refractivity contribution in [2.24, 2.45) is 17.8 Å². The molecule has 0 aliphatic heterocycles. The molecule has 3 nitrogen and oxygen atoms in total. The van der Waals surface area contributed by atoms with Gasteiger partial charge in [0.2, 0.25) is 0 Å². The van der Waals surface area contributed by atoms with Gasteiger partial charge in [-0.3, -0.25) is 8.78 Å². The molecule has 35 heavy (non-hydrogen) atoms. The van der Waals surface area contributed by atoms with E-state index in [4.69, 9.17) is 11.6 Å². The molecule has 1 aliphatic rings. The van der Waals surface area contributed by atoms with Crippen molar-refractivity contribution in [2.75, 3.05) is 13.3 Å². The van der Waals surface area contributed by atoms with E-state index in [-0.39, 0.29) is 30.7 Å². The molecule has 1 aliphatic carbocycles. The number of carbonyl (C=O) groups is 1. The van der Waals surface area contributed by atoms with Gasteiger partial charge in [0, 0.05) is 36.3 Å². The molecule has 8 heteroatoms. The van der Waals surface area contributed by atoms with Crippen LogP contribution in [0.3, 0.4) is 0 Å².